The molecule has 1 heterocycles. The number of amides is 3. The summed E-state index contributed by atoms with van der Waals surface area (Å²) in [4.78, 5) is 29.3. The molecule has 0 radical (unpaired) electrons. The number of thiazole rings is 1. The van der Waals surface area contributed by atoms with Gasteiger partial charge in [0.05, 0.1) is 10.2 Å². The Kier molecular flexibility index (Phi) is 6.35. The number of hydrogen-bond acceptors (Lipinski definition) is 6. The highest BCUT2D eigenvalue weighted by molar-refractivity contribution is 7.78. The number of anilines is 1. The van der Waals surface area contributed by atoms with Gasteiger partial charge in [0.2, 0.25) is 0 Å². The van der Waals surface area contributed by atoms with Gasteiger partial charge in [-0.05, 0) is 35.4 Å². The molecule has 0 fully saturated rings. The zero-order valence-corrected chi connectivity index (χ0v) is 18.0. The van der Waals surface area contributed by atoms with E-state index in [0.29, 0.717) is 21.3 Å². The molecule has 10 heteroatoms. The van der Waals surface area contributed by atoms with Gasteiger partial charge in [0.15, 0.2) is 5.13 Å². The van der Waals surface area contributed by atoms with Crippen molar-refractivity contribution in [2.75, 3.05) is 5.32 Å². The van der Waals surface area contributed by atoms with E-state index in [9.17, 15) is 22.7 Å². The van der Waals surface area contributed by atoms with Gasteiger partial charge in [0, 0.05) is 16.9 Å². The molecule has 0 aliphatic heterocycles. The van der Waals surface area contributed by atoms with Gasteiger partial charge in [-0.2, -0.15) is 0 Å². The lowest BCUT2D eigenvalue weighted by molar-refractivity contribution is 0.0967. The molecule has 1 unspecified atom stereocenters. The Morgan fingerprint density at radius 1 is 1.03 bits per heavy atom. The summed E-state index contributed by atoms with van der Waals surface area (Å²) < 4.78 is 36.7. The van der Waals surface area contributed by atoms with Crippen molar-refractivity contribution in [3.63, 3.8) is 0 Å². The van der Waals surface area contributed by atoms with E-state index in [2.05, 4.69) is 15.6 Å². The van der Waals surface area contributed by atoms with Crippen LogP contribution in [0.1, 0.15) is 15.9 Å². The van der Waals surface area contributed by atoms with Crippen molar-refractivity contribution >= 4 is 49.7 Å². The number of urea groups is 1. The summed E-state index contributed by atoms with van der Waals surface area (Å²) in [6.45, 7) is 0. The van der Waals surface area contributed by atoms with Crippen molar-refractivity contribution in [1.82, 2.24) is 10.3 Å². The maximum atomic E-state index is 14.2. The Balaban J connectivity index is 1.50. The number of benzene rings is 3. The summed E-state index contributed by atoms with van der Waals surface area (Å²) >= 11 is -1.06. The number of imide groups is 1. The minimum atomic E-state index is -2.21. The van der Waals surface area contributed by atoms with Crippen molar-refractivity contribution in [3.8, 4) is 11.1 Å². The second-order valence-electron chi connectivity index (χ2n) is 6.70. The molecular weight excluding hydrogens is 453 g/mol. The highest BCUT2D eigenvalue weighted by atomic mass is 32.2. The van der Waals surface area contributed by atoms with Crippen LogP contribution in [0.4, 0.5) is 14.3 Å². The summed E-state index contributed by atoms with van der Waals surface area (Å²) in [6.07, 6.45) is 0. The van der Waals surface area contributed by atoms with E-state index in [-0.39, 0.29) is 22.0 Å². The summed E-state index contributed by atoms with van der Waals surface area (Å²) in [5, 5.41) is 4.98. The molecule has 0 aliphatic rings. The number of fused-ring (bicyclic) bond motifs is 1. The van der Waals surface area contributed by atoms with E-state index >= 15 is 0 Å². The van der Waals surface area contributed by atoms with Crippen LogP contribution in [0.25, 0.3) is 21.3 Å². The van der Waals surface area contributed by atoms with Crippen LogP contribution in [-0.4, -0.2) is 25.7 Å². The zero-order valence-electron chi connectivity index (χ0n) is 16.3. The van der Waals surface area contributed by atoms with E-state index in [1.54, 1.807) is 54.6 Å². The lowest BCUT2D eigenvalue weighted by atomic mass is 9.99. The monoisotopic (exact) mass is 468 g/mol. The minimum Gasteiger partial charge on any atom is -0.772 e. The van der Waals surface area contributed by atoms with Gasteiger partial charge in [0.1, 0.15) is 5.82 Å². The third-order valence-electron chi connectivity index (χ3n) is 4.52. The molecule has 0 bridgehead atoms. The lowest BCUT2D eigenvalue weighted by Gasteiger charge is -2.10. The molecule has 0 saturated carbocycles. The fourth-order valence-electron chi connectivity index (χ4n) is 3.14. The summed E-state index contributed by atoms with van der Waals surface area (Å²) in [6, 6.07) is 16.7. The first-order chi connectivity index (χ1) is 15.4. The first-order valence-electron chi connectivity index (χ1n) is 9.32. The van der Waals surface area contributed by atoms with Crippen LogP contribution in [0.5, 0.6) is 0 Å². The largest absolute Gasteiger partial charge is 0.772 e. The van der Waals surface area contributed by atoms with E-state index in [0.717, 1.165) is 11.3 Å². The number of nitrogens with zero attached hydrogens (tertiary/aromatic N) is 1. The third-order valence-corrected chi connectivity index (χ3v) is 6.02. The molecule has 7 nitrogen and oxygen atoms in total. The standard InChI is InChI=1S/C22H16FN3O4S2/c23-17-8-4-3-6-15(17)14-5-1-2-7-16(14)20(27)25-21(28)26-22-24-18-10-9-13(12-32(29)30)11-19(18)31-22/h1-11H,12H2,(H,29,30)(H2,24,25,26,27,28)/p-1. The number of rotatable bonds is 5. The first-order valence-corrected chi connectivity index (χ1v) is 11.4. The number of hydrogen-bond donors (Lipinski definition) is 2. The van der Waals surface area contributed by atoms with Gasteiger partial charge in [-0.15, -0.1) is 0 Å². The minimum absolute atomic E-state index is 0.118. The number of carbonyl (C=O) groups is 2. The summed E-state index contributed by atoms with van der Waals surface area (Å²) in [7, 11) is 0. The molecule has 32 heavy (non-hydrogen) atoms. The maximum Gasteiger partial charge on any atom is 0.327 e. The molecule has 4 rings (SSSR count). The quantitative estimate of drug-likeness (QED) is 0.421. The van der Waals surface area contributed by atoms with E-state index in [1.807, 2.05) is 0 Å². The van der Waals surface area contributed by atoms with Crippen molar-refractivity contribution in [2.24, 2.45) is 0 Å². The fourth-order valence-corrected chi connectivity index (χ4v) is 4.52. The maximum absolute atomic E-state index is 14.2. The number of aromatic nitrogens is 1. The fraction of sp³-hybridized carbons (Fsp3) is 0.0455. The van der Waals surface area contributed by atoms with Gasteiger partial charge < -0.3 is 4.55 Å². The summed E-state index contributed by atoms with van der Waals surface area (Å²) in [5.74, 6) is -1.29. The molecule has 2 N–H and O–H groups in total. The topological polar surface area (TPSA) is 111 Å². The van der Waals surface area contributed by atoms with Crippen molar-refractivity contribution in [3.05, 3.63) is 83.7 Å². The van der Waals surface area contributed by atoms with Crippen LogP contribution in [0.2, 0.25) is 0 Å². The predicted molar refractivity (Wildman–Crippen MR) is 121 cm³/mol. The number of halogens is 1. The van der Waals surface area contributed by atoms with Crippen LogP contribution in [0.15, 0.2) is 66.7 Å². The Morgan fingerprint density at radius 3 is 2.50 bits per heavy atom. The highest BCUT2D eigenvalue weighted by Gasteiger charge is 2.18. The van der Waals surface area contributed by atoms with E-state index < -0.39 is 28.8 Å². The normalized spacial score (nSPS) is 11.8. The highest BCUT2D eigenvalue weighted by Crippen LogP contribution is 2.28. The van der Waals surface area contributed by atoms with Crippen LogP contribution in [-0.2, 0) is 16.8 Å². The van der Waals surface area contributed by atoms with Crippen LogP contribution in [0, 0.1) is 5.82 Å². The molecule has 1 atom stereocenters. The van der Waals surface area contributed by atoms with Crippen LogP contribution in [0.3, 0.4) is 0 Å². The number of nitrogens with one attached hydrogen (secondary N) is 2. The van der Waals surface area contributed by atoms with E-state index in [4.69, 9.17) is 0 Å². The molecule has 4 aromatic rings. The van der Waals surface area contributed by atoms with Crippen molar-refractivity contribution in [2.45, 2.75) is 5.75 Å². The second-order valence-corrected chi connectivity index (χ2v) is 8.63. The van der Waals surface area contributed by atoms with Gasteiger partial charge in [-0.25, -0.2) is 14.2 Å². The van der Waals surface area contributed by atoms with Gasteiger partial charge in [-0.1, -0.05) is 64.9 Å². The molecule has 0 aliphatic carbocycles. The Labute approximate surface area is 188 Å². The Morgan fingerprint density at radius 2 is 1.75 bits per heavy atom. The van der Waals surface area contributed by atoms with E-state index in [1.165, 1.54) is 12.1 Å². The molecular formula is C22H15FN3O4S2-. The first kappa shape index (κ1) is 21.8. The smallest absolute Gasteiger partial charge is 0.327 e. The molecule has 1 aromatic heterocycles. The predicted octanol–water partition coefficient (Wildman–Crippen LogP) is 4.44. The SMILES string of the molecule is O=C(NC(=O)c1ccccc1-c1ccccc1F)Nc1nc2ccc(CS(=O)[O-])cc2s1. The average molecular weight is 469 g/mol. The van der Waals surface area contributed by atoms with Gasteiger partial charge in [-0.3, -0.25) is 19.6 Å². The average Bonchev–Trinajstić information content (AvgIpc) is 3.15. The zero-order chi connectivity index (χ0) is 22.7. The molecule has 0 spiro atoms. The summed E-state index contributed by atoms with van der Waals surface area (Å²) in [5.41, 5.74) is 1.94. The van der Waals surface area contributed by atoms with Gasteiger partial charge >= 0.3 is 6.03 Å². The van der Waals surface area contributed by atoms with Crippen molar-refractivity contribution < 1.29 is 22.7 Å². The van der Waals surface area contributed by atoms with Crippen LogP contribution >= 0.6 is 11.3 Å². The molecule has 3 aromatic carbocycles. The second kappa shape index (κ2) is 9.35. The molecule has 0 saturated heterocycles. The molecule has 3 amide bonds. The Bertz CT molecular complexity index is 1360. The third kappa shape index (κ3) is 4.88. The lowest BCUT2D eigenvalue weighted by Crippen LogP contribution is -2.34. The molecule has 162 valence electrons. The van der Waals surface area contributed by atoms with Crippen LogP contribution < -0.4 is 10.6 Å². The Hall–Kier alpha value is -3.47. The van der Waals surface area contributed by atoms with Crippen molar-refractivity contribution in [1.29, 1.82) is 0 Å². The van der Waals surface area contributed by atoms with Gasteiger partial charge in [0.25, 0.3) is 5.91 Å². The number of carbonyl (C=O) groups excluding carboxylic acids is 2.